The van der Waals surface area contributed by atoms with Gasteiger partial charge in [-0.15, -0.1) is 0 Å². The highest BCUT2D eigenvalue weighted by atomic mass is 16.5. The highest BCUT2D eigenvalue weighted by molar-refractivity contribution is 5.81. The summed E-state index contributed by atoms with van der Waals surface area (Å²) in [7, 11) is 1.36. The first-order valence-electron chi connectivity index (χ1n) is 5.36. The molecular weight excluding hydrogens is 222 g/mol. The number of oxazole rings is 1. The van der Waals surface area contributed by atoms with Crippen molar-refractivity contribution in [2.75, 3.05) is 7.11 Å². The Labute approximate surface area is 97.4 Å². The highest BCUT2D eigenvalue weighted by Gasteiger charge is 2.19. The van der Waals surface area contributed by atoms with Crippen LogP contribution >= 0.6 is 0 Å². The number of aromatic amines is 1. The van der Waals surface area contributed by atoms with Crippen LogP contribution in [0.5, 0.6) is 0 Å². The Kier molecular flexibility index (Phi) is 2.99. The number of H-pyrrole nitrogens is 1. The summed E-state index contributed by atoms with van der Waals surface area (Å²) >= 11 is 0. The Balaban J connectivity index is 2.47. The maximum atomic E-state index is 11.6. The number of methoxy groups -OCH3 is 1. The predicted octanol–water partition coefficient (Wildman–Crippen LogP) is 1.79. The molecule has 2 rings (SSSR count). The number of fused-ring (bicyclic) bond motifs is 1. The molecule has 5 nitrogen and oxygen atoms in total. The van der Waals surface area contributed by atoms with E-state index in [0.717, 1.165) is 5.56 Å². The Morgan fingerprint density at radius 2 is 2.29 bits per heavy atom. The van der Waals surface area contributed by atoms with E-state index in [2.05, 4.69) is 4.98 Å². The van der Waals surface area contributed by atoms with Crippen molar-refractivity contribution in [3.63, 3.8) is 0 Å². The number of nitrogens with one attached hydrogen (secondary N) is 1. The molecule has 0 aliphatic rings. The molecule has 0 bridgehead atoms. The number of rotatable bonds is 3. The third kappa shape index (κ3) is 2.08. The van der Waals surface area contributed by atoms with Crippen molar-refractivity contribution in [2.24, 2.45) is 0 Å². The number of hydrogen-bond donors (Lipinski definition) is 1. The average Bonchev–Trinajstić information content (AvgIpc) is 2.69. The number of aromatic nitrogens is 1. The molecule has 1 heterocycles. The summed E-state index contributed by atoms with van der Waals surface area (Å²) in [5, 5.41) is 0. The molecule has 0 fully saturated rings. The zero-order valence-corrected chi connectivity index (χ0v) is 9.65. The van der Waals surface area contributed by atoms with E-state index in [4.69, 9.17) is 9.15 Å². The molecule has 0 aliphatic heterocycles. The summed E-state index contributed by atoms with van der Waals surface area (Å²) < 4.78 is 9.64. The van der Waals surface area contributed by atoms with E-state index in [1.165, 1.54) is 7.11 Å². The minimum absolute atomic E-state index is 0.280. The number of carbonyl (C=O) groups is 1. The lowest BCUT2D eigenvalue weighted by Gasteiger charge is -2.12. The first kappa shape index (κ1) is 11.4. The standard InChI is InChI=1S/C12H13NO4/c1-3-8(11(14)16-2)7-4-5-10-9(6-7)13-12(15)17-10/h4-6,8H,3H2,1-2H3,(H,13,15). The van der Waals surface area contributed by atoms with Gasteiger partial charge < -0.3 is 9.15 Å². The molecule has 0 saturated heterocycles. The zero-order chi connectivity index (χ0) is 12.4. The van der Waals surface area contributed by atoms with Gasteiger partial charge in [-0.3, -0.25) is 9.78 Å². The summed E-state index contributed by atoms with van der Waals surface area (Å²) in [6.07, 6.45) is 0.639. The van der Waals surface area contributed by atoms with E-state index in [1.54, 1.807) is 18.2 Å². The molecule has 0 aliphatic carbocycles. The summed E-state index contributed by atoms with van der Waals surface area (Å²) in [5.74, 6) is -1.09. The molecule has 90 valence electrons. The largest absolute Gasteiger partial charge is 0.469 e. The van der Waals surface area contributed by atoms with Crippen molar-refractivity contribution in [1.29, 1.82) is 0 Å². The van der Waals surface area contributed by atoms with E-state index in [0.29, 0.717) is 17.5 Å². The molecule has 0 amide bonds. The topological polar surface area (TPSA) is 72.3 Å². The van der Waals surface area contributed by atoms with Crippen LogP contribution in [-0.2, 0) is 9.53 Å². The molecule has 5 heteroatoms. The normalized spacial score (nSPS) is 12.6. The minimum Gasteiger partial charge on any atom is -0.469 e. The third-order valence-corrected chi connectivity index (χ3v) is 2.74. The summed E-state index contributed by atoms with van der Waals surface area (Å²) in [6.45, 7) is 1.91. The number of carbonyl (C=O) groups excluding carboxylic acids is 1. The lowest BCUT2D eigenvalue weighted by atomic mass is 9.96. The van der Waals surface area contributed by atoms with Gasteiger partial charge in [-0.25, -0.2) is 4.79 Å². The second-order valence-electron chi connectivity index (χ2n) is 3.75. The van der Waals surface area contributed by atoms with Crippen LogP contribution < -0.4 is 5.76 Å². The van der Waals surface area contributed by atoms with Crippen LogP contribution in [0, 0.1) is 0 Å². The summed E-state index contributed by atoms with van der Waals surface area (Å²) in [6, 6.07) is 5.18. The van der Waals surface area contributed by atoms with Crippen molar-refractivity contribution in [3.8, 4) is 0 Å². The van der Waals surface area contributed by atoms with E-state index >= 15 is 0 Å². The van der Waals surface area contributed by atoms with Gasteiger partial charge in [0.2, 0.25) is 0 Å². The van der Waals surface area contributed by atoms with Crippen LogP contribution in [0.15, 0.2) is 27.4 Å². The van der Waals surface area contributed by atoms with Crippen molar-refractivity contribution in [1.82, 2.24) is 4.98 Å². The van der Waals surface area contributed by atoms with Crippen LogP contribution in [-0.4, -0.2) is 18.1 Å². The van der Waals surface area contributed by atoms with E-state index in [-0.39, 0.29) is 11.9 Å². The van der Waals surface area contributed by atoms with Crippen molar-refractivity contribution >= 4 is 17.1 Å². The number of benzene rings is 1. The van der Waals surface area contributed by atoms with Gasteiger partial charge in [-0.1, -0.05) is 13.0 Å². The molecule has 0 radical (unpaired) electrons. The molecular formula is C12H13NO4. The van der Waals surface area contributed by atoms with E-state index in [9.17, 15) is 9.59 Å². The molecule has 0 spiro atoms. The van der Waals surface area contributed by atoms with Crippen LogP contribution in [0.1, 0.15) is 24.8 Å². The lowest BCUT2D eigenvalue weighted by molar-refractivity contribution is -0.142. The van der Waals surface area contributed by atoms with Gasteiger partial charge >= 0.3 is 11.7 Å². The molecule has 17 heavy (non-hydrogen) atoms. The van der Waals surface area contributed by atoms with E-state index in [1.807, 2.05) is 6.92 Å². The first-order chi connectivity index (χ1) is 8.15. The lowest BCUT2D eigenvalue weighted by Crippen LogP contribution is -2.13. The van der Waals surface area contributed by atoms with Crippen LogP contribution in [0.3, 0.4) is 0 Å². The SMILES string of the molecule is CCC(C(=O)OC)c1ccc2oc(=O)[nH]c2c1. The minimum atomic E-state index is -0.497. The number of esters is 1. The van der Waals surface area contributed by atoms with E-state index < -0.39 is 5.76 Å². The molecule has 2 aromatic rings. The Bertz CT molecular complexity index is 596. The molecule has 1 aromatic carbocycles. The fourth-order valence-corrected chi connectivity index (χ4v) is 1.87. The van der Waals surface area contributed by atoms with Gasteiger partial charge in [-0.2, -0.15) is 0 Å². The van der Waals surface area contributed by atoms with Crippen LogP contribution in [0.2, 0.25) is 0 Å². The molecule has 0 saturated carbocycles. The predicted molar refractivity (Wildman–Crippen MR) is 61.9 cm³/mol. The van der Waals surface area contributed by atoms with Gasteiger partial charge in [0, 0.05) is 0 Å². The molecule has 1 unspecified atom stereocenters. The Morgan fingerprint density at radius 3 is 2.94 bits per heavy atom. The smallest absolute Gasteiger partial charge is 0.417 e. The number of hydrogen-bond acceptors (Lipinski definition) is 4. The maximum Gasteiger partial charge on any atom is 0.417 e. The second-order valence-corrected chi connectivity index (χ2v) is 3.75. The molecule has 1 N–H and O–H groups in total. The van der Waals surface area contributed by atoms with Crippen LogP contribution in [0.25, 0.3) is 11.1 Å². The van der Waals surface area contributed by atoms with Gasteiger partial charge in [0.1, 0.15) is 0 Å². The van der Waals surface area contributed by atoms with Gasteiger partial charge in [0.25, 0.3) is 0 Å². The fraction of sp³-hybridized carbons (Fsp3) is 0.333. The average molecular weight is 235 g/mol. The third-order valence-electron chi connectivity index (χ3n) is 2.74. The van der Waals surface area contributed by atoms with Crippen LogP contribution in [0.4, 0.5) is 0 Å². The maximum absolute atomic E-state index is 11.6. The second kappa shape index (κ2) is 4.45. The quantitative estimate of drug-likeness (QED) is 0.823. The fourth-order valence-electron chi connectivity index (χ4n) is 1.87. The zero-order valence-electron chi connectivity index (χ0n) is 9.65. The number of ether oxygens (including phenoxy) is 1. The van der Waals surface area contributed by atoms with Crippen molar-refractivity contribution in [2.45, 2.75) is 19.3 Å². The van der Waals surface area contributed by atoms with Crippen molar-refractivity contribution in [3.05, 3.63) is 34.3 Å². The monoisotopic (exact) mass is 235 g/mol. The Morgan fingerprint density at radius 1 is 1.53 bits per heavy atom. The van der Waals surface area contributed by atoms with Gasteiger partial charge in [0.05, 0.1) is 18.5 Å². The van der Waals surface area contributed by atoms with Gasteiger partial charge in [0.15, 0.2) is 5.58 Å². The summed E-state index contributed by atoms with van der Waals surface area (Å²) in [4.78, 5) is 25.1. The first-order valence-corrected chi connectivity index (χ1v) is 5.36. The van der Waals surface area contributed by atoms with Crippen molar-refractivity contribution < 1.29 is 13.9 Å². The van der Waals surface area contributed by atoms with Gasteiger partial charge in [-0.05, 0) is 24.1 Å². The molecule has 1 atom stereocenters. The summed E-state index contributed by atoms with van der Waals surface area (Å²) in [5.41, 5.74) is 1.89. The molecule has 1 aromatic heterocycles. The Hall–Kier alpha value is -2.04. The highest BCUT2D eigenvalue weighted by Crippen LogP contribution is 2.23.